The number of hydrogen-bond donors (Lipinski definition) is 0. The van der Waals surface area contributed by atoms with Crippen LogP contribution in [0.2, 0.25) is 5.02 Å². The molecule has 22 heavy (non-hydrogen) atoms. The average molecular weight is 317 g/mol. The second kappa shape index (κ2) is 6.36. The Kier molecular flexibility index (Phi) is 4.29. The van der Waals surface area contributed by atoms with E-state index in [1.807, 2.05) is 48.5 Å². The minimum Gasteiger partial charge on any atom is -0.357 e. The van der Waals surface area contributed by atoms with Crippen molar-refractivity contribution in [2.45, 2.75) is 25.4 Å². The molecule has 0 bridgehead atoms. The number of benzene rings is 2. The van der Waals surface area contributed by atoms with Crippen LogP contribution in [-0.2, 0) is 13.0 Å². The summed E-state index contributed by atoms with van der Waals surface area (Å²) in [6.07, 6.45) is 1.61. The molecule has 4 nitrogen and oxygen atoms in total. The number of rotatable bonds is 4. The molecule has 3 rings (SSSR count). The van der Waals surface area contributed by atoms with Gasteiger partial charge in [-0.2, -0.15) is 0 Å². The zero-order chi connectivity index (χ0) is 15.5. The lowest BCUT2D eigenvalue weighted by molar-refractivity contribution is -0.482. The largest absolute Gasteiger partial charge is 0.357 e. The predicted octanol–water partition coefficient (Wildman–Crippen LogP) is 3.94. The number of nitro groups is 1. The number of hydrogen-bond acceptors (Lipinski definition) is 3. The first-order chi connectivity index (χ1) is 10.6. The molecule has 0 spiro atoms. The van der Waals surface area contributed by atoms with Crippen LogP contribution in [-0.4, -0.2) is 17.5 Å². The highest BCUT2D eigenvalue weighted by Crippen LogP contribution is 2.34. The number of anilines is 1. The summed E-state index contributed by atoms with van der Waals surface area (Å²) in [5.41, 5.74) is 3.38. The standard InChI is InChI=1S/C17H17ClN2O2/c18-15-7-9-17-14(10-15)6-8-16(12-20(21)22)19(17)11-13-4-2-1-3-5-13/h1-5,7,9-10,16H,6,8,11-12H2. The maximum Gasteiger partial charge on any atom is 0.223 e. The first-order valence-electron chi connectivity index (χ1n) is 7.34. The lowest BCUT2D eigenvalue weighted by atomic mass is 9.95. The molecule has 5 heteroatoms. The van der Waals surface area contributed by atoms with Gasteiger partial charge >= 0.3 is 0 Å². The van der Waals surface area contributed by atoms with Crippen LogP contribution in [0.3, 0.4) is 0 Å². The van der Waals surface area contributed by atoms with E-state index in [2.05, 4.69) is 4.90 Å². The Bertz CT molecular complexity index is 676. The van der Waals surface area contributed by atoms with Crippen molar-refractivity contribution in [1.29, 1.82) is 0 Å². The minimum atomic E-state index is -0.219. The third-order valence-electron chi connectivity index (χ3n) is 4.09. The second-order valence-corrected chi connectivity index (χ2v) is 6.03. The van der Waals surface area contributed by atoms with Crippen LogP contribution >= 0.6 is 11.6 Å². The van der Waals surface area contributed by atoms with Gasteiger partial charge in [0, 0.05) is 22.2 Å². The van der Waals surface area contributed by atoms with E-state index >= 15 is 0 Å². The van der Waals surface area contributed by atoms with E-state index in [0.29, 0.717) is 11.6 Å². The van der Waals surface area contributed by atoms with Crippen molar-refractivity contribution in [1.82, 2.24) is 0 Å². The highest BCUT2D eigenvalue weighted by Gasteiger charge is 2.29. The normalized spacial score (nSPS) is 17.1. The summed E-state index contributed by atoms with van der Waals surface area (Å²) in [5.74, 6) is 0. The SMILES string of the molecule is O=[N+]([O-])CC1CCc2cc(Cl)ccc2N1Cc1ccccc1. The monoisotopic (exact) mass is 316 g/mol. The Hall–Kier alpha value is -2.07. The Morgan fingerprint density at radius 3 is 2.73 bits per heavy atom. The van der Waals surface area contributed by atoms with Crippen LogP contribution in [0.25, 0.3) is 0 Å². The van der Waals surface area contributed by atoms with Gasteiger partial charge in [-0.1, -0.05) is 41.9 Å². The van der Waals surface area contributed by atoms with Gasteiger partial charge in [-0.25, -0.2) is 0 Å². The molecule has 0 amide bonds. The van der Waals surface area contributed by atoms with Crippen LogP contribution in [0, 0.1) is 10.1 Å². The Balaban J connectivity index is 1.94. The number of nitrogens with zero attached hydrogens (tertiary/aromatic N) is 2. The van der Waals surface area contributed by atoms with Gasteiger partial charge in [-0.05, 0) is 42.2 Å². The highest BCUT2D eigenvalue weighted by molar-refractivity contribution is 6.30. The minimum absolute atomic E-state index is 0.0328. The van der Waals surface area contributed by atoms with E-state index in [-0.39, 0.29) is 17.5 Å². The highest BCUT2D eigenvalue weighted by atomic mass is 35.5. The van der Waals surface area contributed by atoms with E-state index in [0.717, 1.165) is 24.1 Å². The summed E-state index contributed by atoms with van der Waals surface area (Å²) < 4.78 is 0. The van der Waals surface area contributed by atoms with Gasteiger partial charge in [0.25, 0.3) is 0 Å². The molecule has 0 radical (unpaired) electrons. The maximum atomic E-state index is 11.0. The molecule has 1 heterocycles. The molecular weight excluding hydrogens is 300 g/mol. The second-order valence-electron chi connectivity index (χ2n) is 5.59. The molecule has 1 aliphatic heterocycles. The van der Waals surface area contributed by atoms with Gasteiger partial charge in [-0.3, -0.25) is 10.1 Å². The molecule has 1 unspecified atom stereocenters. The molecule has 1 atom stereocenters. The molecule has 0 aromatic heterocycles. The van der Waals surface area contributed by atoms with E-state index in [1.54, 1.807) is 0 Å². The Morgan fingerprint density at radius 2 is 2.00 bits per heavy atom. The molecule has 2 aromatic rings. The summed E-state index contributed by atoms with van der Waals surface area (Å²) in [6, 6.07) is 15.8. The summed E-state index contributed by atoms with van der Waals surface area (Å²) in [4.78, 5) is 12.9. The van der Waals surface area contributed by atoms with Crippen molar-refractivity contribution in [3.05, 3.63) is 74.8 Å². The summed E-state index contributed by atoms with van der Waals surface area (Å²) >= 11 is 6.08. The maximum absolute atomic E-state index is 11.0. The van der Waals surface area contributed by atoms with Gasteiger partial charge in [0.15, 0.2) is 0 Å². The molecule has 1 aliphatic rings. The molecule has 0 fully saturated rings. The van der Waals surface area contributed by atoms with Crippen LogP contribution in [0.5, 0.6) is 0 Å². The van der Waals surface area contributed by atoms with Crippen molar-refractivity contribution < 1.29 is 4.92 Å². The molecule has 2 aromatic carbocycles. The van der Waals surface area contributed by atoms with Gasteiger partial charge in [0.1, 0.15) is 0 Å². The van der Waals surface area contributed by atoms with Crippen molar-refractivity contribution in [2.24, 2.45) is 0 Å². The zero-order valence-corrected chi connectivity index (χ0v) is 12.9. The van der Waals surface area contributed by atoms with E-state index in [9.17, 15) is 10.1 Å². The Labute approximate surface area is 134 Å². The fourth-order valence-electron chi connectivity index (χ4n) is 3.07. The van der Waals surface area contributed by atoms with E-state index in [4.69, 9.17) is 11.6 Å². The van der Waals surface area contributed by atoms with Crippen LogP contribution in [0.4, 0.5) is 5.69 Å². The number of aryl methyl sites for hydroxylation is 1. The van der Waals surface area contributed by atoms with Gasteiger partial charge in [-0.15, -0.1) is 0 Å². The van der Waals surface area contributed by atoms with E-state index < -0.39 is 0 Å². The van der Waals surface area contributed by atoms with Crippen molar-refractivity contribution in [3.63, 3.8) is 0 Å². The molecule has 0 aliphatic carbocycles. The summed E-state index contributed by atoms with van der Waals surface area (Å²) in [6.45, 7) is 0.642. The lowest BCUT2D eigenvalue weighted by Gasteiger charge is -2.37. The van der Waals surface area contributed by atoms with Crippen molar-refractivity contribution in [2.75, 3.05) is 11.4 Å². The fraction of sp³-hybridized carbons (Fsp3) is 0.294. The van der Waals surface area contributed by atoms with Gasteiger partial charge in [0.2, 0.25) is 6.54 Å². The molecule has 0 saturated carbocycles. The summed E-state index contributed by atoms with van der Waals surface area (Å²) in [7, 11) is 0. The van der Waals surface area contributed by atoms with Gasteiger partial charge < -0.3 is 4.90 Å². The fourth-order valence-corrected chi connectivity index (χ4v) is 3.26. The Morgan fingerprint density at radius 1 is 1.23 bits per heavy atom. The molecule has 114 valence electrons. The lowest BCUT2D eigenvalue weighted by Crippen LogP contribution is -2.43. The first kappa shape index (κ1) is 14.9. The predicted molar refractivity (Wildman–Crippen MR) is 88.0 cm³/mol. The van der Waals surface area contributed by atoms with Crippen molar-refractivity contribution >= 4 is 17.3 Å². The van der Waals surface area contributed by atoms with E-state index in [1.165, 1.54) is 5.56 Å². The van der Waals surface area contributed by atoms with Crippen LogP contribution in [0.15, 0.2) is 48.5 Å². The van der Waals surface area contributed by atoms with Crippen molar-refractivity contribution in [3.8, 4) is 0 Å². The third kappa shape index (κ3) is 3.22. The number of halogens is 1. The average Bonchev–Trinajstić information content (AvgIpc) is 2.50. The number of fused-ring (bicyclic) bond motifs is 1. The molecule has 0 N–H and O–H groups in total. The van der Waals surface area contributed by atoms with Gasteiger partial charge in [0.05, 0.1) is 6.04 Å². The molecular formula is C17H17ClN2O2. The zero-order valence-electron chi connectivity index (χ0n) is 12.1. The third-order valence-corrected chi connectivity index (χ3v) is 4.33. The topological polar surface area (TPSA) is 46.4 Å². The van der Waals surface area contributed by atoms with Crippen LogP contribution < -0.4 is 4.90 Å². The molecule has 0 saturated heterocycles. The van der Waals surface area contributed by atoms with Crippen LogP contribution in [0.1, 0.15) is 17.5 Å². The first-order valence-corrected chi connectivity index (χ1v) is 7.72. The quantitative estimate of drug-likeness (QED) is 0.634. The summed E-state index contributed by atoms with van der Waals surface area (Å²) in [5, 5.41) is 11.7. The smallest absolute Gasteiger partial charge is 0.223 e.